The van der Waals surface area contributed by atoms with E-state index in [0.29, 0.717) is 5.17 Å². The van der Waals surface area contributed by atoms with Crippen LogP contribution in [0.3, 0.4) is 0 Å². The number of amides is 1. The van der Waals surface area contributed by atoms with Crippen molar-refractivity contribution in [3.8, 4) is 5.75 Å². The number of carbonyl (C=O) groups excluding carboxylic acids is 1. The molecule has 6 heteroatoms. The van der Waals surface area contributed by atoms with Crippen LogP contribution < -0.4 is 10.1 Å². The number of ether oxygens (including phenoxy) is 1. The average Bonchev–Trinajstić information content (AvgIpc) is 2.69. The molecule has 1 aliphatic heterocycles. The van der Waals surface area contributed by atoms with Crippen molar-refractivity contribution in [3.63, 3.8) is 0 Å². The summed E-state index contributed by atoms with van der Waals surface area (Å²) in [5.41, 5.74) is 0.919. The molecule has 94 valence electrons. The number of thioether (sulfide) groups is 1. The Morgan fingerprint density at radius 1 is 1.39 bits per heavy atom. The van der Waals surface area contributed by atoms with E-state index < -0.39 is 0 Å². The predicted molar refractivity (Wildman–Crippen MR) is 73.2 cm³/mol. The van der Waals surface area contributed by atoms with Crippen molar-refractivity contribution in [2.24, 2.45) is 10.2 Å². The Labute approximate surface area is 109 Å². The van der Waals surface area contributed by atoms with Crippen molar-refractivity contribution >= 4 is 29.1 Å². The van der Waals surface area contributed by atoms with Gasteiger partial charge in [0.1, 0.15) is 5.75 Å². The lowest BCUT2D eigenvalue weighted by molar-refractivity contribution is -0.118. The fraction of sp³-hybridized carbons (Fsp3) is 0.250. The largest absolute Gasteiger partial charge is 0.497 e. The molecule has 1 heterocycles. The minimum atomic E-state index is -0.0973. The van der Waals surface area contributed by atoms with E-state index in [1.54, 1.807) is 13.3 Å². The smallest absolute Gasteiger partial charge is 0.239 e. The number of hydrogen-bond acceptors (Lipinski definition) is 5. The lowest BCUT2D eigenvalue weighted by Crippen LogP contribution is -2.23. The number of benzene rings is 1. The number of rotatable bonds is 3. The number of hydrogen-bond donors (Lipinski definition) is 1. The maximum absolute atomic E-state index is 11.2. The second-order valence-corrected chi connectivity index (χ2v) is 5.00. The van der Waals surface area contributed by atoms with E-state index >= 15 is 0 Å². The van der Waals surface area contributed by atoms with Gasteiger partial charge in [0.05, 0.1) is 18.6 Å². The Morgan fingerprint density at radius 2 is 2.11 bits per heavy atom. The van der Waals surface area contributed by atoms with Gasteiger partial charge in [0.2, 0.25) is 5.91 Å². The van der Waals surface area contributed by atoms with E-state index in [9.17, 15) is 4.79 Å². The van der Waals surface area contributed by atoms with Gasteiger partial charge in [0.15, 0.2) is 5.17 Å². The molecule has 1 aromatic carbocycles. The highest BCUT2D eigenvalue weighted by Crippen LogP contribution is 2.18. The van der Waals surface area contributed by atoms with Crippen LogP contribution in [0.1, 0.15) is 12.5 Å². The highest BCUT2D eigenvalue weighted by atomic mass is 32.2. The zero-order valence-electron chi connectivity index (χ0n) is 10.1. The van der Waals surface area contributed by atoms with Gasteiger partial charge in [-0.1, -0.05) is 11.8 Å². The molecule has 0 aromatic heterocycles. The zero-order chi connectivity index (χ0) is 13.0. The normalized spacial score (nSPS) is 21.6. The third-order valence-electron chi connectivity index (χ3n) is 2.36. The molecular formula is C12H13N3O2S. The summed E-state index contributed by atoms with van der Waals surface area (Å²) in [5, 5.41) is 11.0. The summed E-state index contributed by atoms with van der Waals surface area (Å²) in [6.45, 7) is 1.83. The van der Waals surface area contributed by atoms with Gasteiger partial charge < -0.3 is 10.1 Å². The van der Waals surface area contributed by atoms with Crippen LogP contribution in [0.5, 0.6) is 5.75 Å². The summed E-state index contributed by atoms with van der Waals surface area (Å²) in [7, 11) is 1.62. The predicted octanol–water partition coefficient (Wildman–Crippen LogP) is 1.64. The third-order valence-corrected chi connectivity index (χ3v) is 3.33. The highest BCUT2D eigenvalue weighted by molar-refractivity contribution is 8.15. The Hall–Kier alpha value is -1.82. The summed E-state index contributed by atoms with van der Waals surface area (Å²) < 4.78 is 5.06. The fourth-order valence-electron chi connectivity index (χ4n) is 1.34. The monoisotopic (exact) mass is 263 g/mol. The van der Waals surface area contributed by atoms with Crippen molar-refractivity contribution in [2.75, 3.05) is 7.11 Å². The third kappa shape index (κ3) is 3.10. The summed E-state index contributed by atoms with van der Waals surface area (Å²) >= 11 is 1.37. The number of nitrogens with one attached hydrogen (secondary N) is 1. The second-order valence-electron chi connectivity index (χ2n) is 3.67. The second kappa shape index (κ2) is 5.68. The first-order valence-electron chi connectivity index (χ1n) is 5.41. The van der Waals surface area contributed by atoms with Crippen molar-refractivity contribution in [2.45, 2.75) is 12.2 Å². The van der Waals surface area contributed by atoms with E-state index in [0.717, 1.165) is 11.3 Å². The van der Waals surface area contributed by atoms with Gasteiger partial charge in [0, 0.05) is 0 Å². The average molecular weight is 263 g/mol. The Morgan fingerprint density at radius 3 is 2.67 bits per heavy atom. The molecule has 1 saturated heterocycles. The van der Waals surface area contributed by atoms with Gasteiger partial charge in [0.25, 0.3) is 0 Å². The lowest BCUT2D eigenvalue weighted by Gasteiger charge is -1.98. The molecule has 1 aliphatic rings. The molecule has 0 spiro atoms. The van der Waals surface area contributed by atoms with Crippen LogP contribution in [0.2, 0.25) is 0 Å². The zero-order valence-corrected chi connectivity index (χ0v) is 10.9. The molecule has 2 rings (SSSR count). The topological polar surface area (TPSA) is 63.1 Å². The summed E-state index contributed by atoms with van der Waals surface area (Å²) in [4.78, 5) is 11.2. The quantitative estimate of drug-likeness (QED) is 0.666. The number of methoxy groups -OCH3 is 1. The van der Waals surface area contributed by atoms with Crippen molar-refractivity contribution in [3.05, 3.63) is 29.8 Å². The minimum Gasteiger partial charge on any atom is -0.497 e. The molecule has 1 N–H and O–H groups in total. The number of carbonyl (C=O) groups is 1. The fourth-order valence-corrected chi connectivity index (χ4v) is 2.10. The molecule has 0 saturated carbocycles. The van der Waals surface area contributed by atoms with Gasteiger partial charge in [-0.3, -0.25) is 4.79 Å². The van der Waals surface area contributed by atoms with Crippen LogP contribution in [0.25, 0.3) is 0 Å². The maximum Gasteiger partial charge on any atom is 0.239 e. The van der Waals surface area contributed by atoms with Crippen molar-refractivity contribution in [1.29, 1.82) is 0 Å². The SMILES string of the molecule is COc1ccc(/C=N/N=C2/NC(=O)[C@@H](C)S2)cc1. The van der Waals surface area contributed by atoms with Crippen LogP contribution >= 0.6 is 11.8 Å². The van der Waals surface area contributed by atoms with E-state index in [1.807, 2.05) is 31.2 Å². The highest BCUT2D eigenvalue weighted by Gasteiger charge is 2.25. The molecule has 1 atom stereocenters. The molecule has 5 nitrogen and oxygen atoms in total. The number of amidine groups is 1. The summed E-state index contributed by atoms with van der Waals surface area (Å²) in [5.74, 6) is 0.768. The van der Waals surface area contributed by atoms with Crippen LogP contribution in [0.4, 0.5) is 0 Å². The molecule has 0 radical (unpaired) electrons. The van der Waals surface area contributed by atoms with Crippen LogP contribution in [-0.4, -0.2) is 29.6 Å². The molecular weight excluding hydrogens is 250 g/mol. The molecule has 0 unspecified atom stereocenters. The first kappa shape index (κ1) is 12.6. The standard InChI is InChI=1S/C12H13N3O2S/c1-8-11(16)14-12(18-8)15-13-7-9-3-5-10(17-2)6-4-9/h3-8H,1-2H3,(H,14,15,16)/b13-7+/t8-/m1/s1. The van der Waals surface area contributed by atoms with Gasteiger partial charge in [-0.2, -0.15) is 5.10 Å². The van der Waals surface area contributed by atoms with E-state index in [4.69, 9.17) is 4.74 Å². The Kier molecular flexibility index (Phi) is 3.99. The molecule has 1 amide bonds. The molecule has 0 aliphatic carbocycles. The first-order chi connectivity index (χ1) is 8.69. The molecule has 0 bridgehead atoms. The van der Waals surface area contributed by atoms with Crippen LogP contribution in [0.15, 0.2) is 34.5 Å². The van der Waals surface area contributed by atoms with E-state index in [-0.39, 0.29) is 11.2 Å². The van der Waals surface area contributed by atoms with Gasteiger partial charge >= 0.3 is 0 Å². The molecule has 18 heavy (non-hydrogen) atoms. The maximum atomic E-state index is 11.2. The van der Waals surface area contributed by atoms with Crippen LogP contribution in [0, 0.1) is 0 Å². The molecule has 1 fully saturated rings. The minimum absolute atomic E-state index is 0.0293. The molecule has 1 aromatic rings. The van der Waals surface area contributed by atoms with Crippen molar-refractivity contribution in [1.82, 2.24) is 5.32 Å². The summed E-state index contributed by atoms with van der Waals surface area (Å²) in [6.07, 6.45) is 1.63. The Balaban J connectivity index is 1.99. The van der Waals surface area contributed by atoms with Gasteiger partial charge in [-0.15, -0.1) is 5.10 Å². The van der Waals surface area contributed by atoms with Gasteiger partial charge in [-0.05, 0) is 36.8 Å². The Bertz CT molecular complexity index is 497. The summed E-state index contributed by atoms with van der Waals surface area (Å²) in [6, 6.07) is 7.46. The number of nitrogens with zero attached hydrogens (tertiary/aromatic N) is 2. The van der Waals surface area contributed by atoms with Crippen LogP contribution in [-0.2, 0) is 4.79 Å². The lowest BCUT2D eigenvalue weighted by atomic mass is 10.2. The first-order valence-corrected chi connectivity index (χ1v) is 6.29. The van der Waals surface area contributed by atoms with Crippen molar-refractivity contribution < 1.29 is 9.53 Å². The van der Waals surface area contributed by atoms with E-state index in [1.165, 1.54) is 11.8 Å². The van der Waals surface area contributed by atoms with E-state index in [2.05, 4.69) is 15.5 Å². The van der Waals surface area contributed by atoms with Gasteiger partial charge in [-0.25, -0.2) is 0 Å².